The molecule has 1 atom stereocenters. The lowest BCUT2D eigenvalue weighted by molar-refractivity contribution is 0.559. The summed E-state index contributed by atoms with van der Waals surface area (Å²) in [6.45, 7) is 0. The van der Waals surface area contributed by atoms with Crippen LogP contribution >= 0.6 is 34.4 Å². The third-order valence-corrected chi connectivity index (χ3v) is 8.44. The zero-order valence-electron chi connectivity index (χ0n) is 16.9. The van der Waals surface area contributed by atoms with E-state index in [1.54, 1.807) is 36.0 Å². The molecule has 0 fully saturated rings. The normalized spacial score (nSPS) is 12.0. The Morgan fingerprint density at radius 2 is 2.03 bits per heavy atom. The number of nitrogen functional groups attached to an aromatic ring is 1. The maximum atomic E-state index is 14.3. The van der Waals surface area contributed by atoms with Crippen LogP contribution in [0.1, 0.15) is 4.88 Å². The molecule has 0 radical (unpaired) electrons. The summed E-state index contributed by atoms with van der Waals surface area (Å²) in [4.78, 5) is 5.36. The van der Waals surface area contributed by atoms with Gasteiger partial charge in [0.05, 0.1) is 26.2 Å². The summed E-state index contributed by atoms with van der Waals surface area (Å²) >= 11 is 1.79. The van der Waals surface area contributed by atoms with Gasteiger partial charge in [-0.2, -0.15) is 0 Å². The molecule has 0 aliphatic rings. The van der Waals surface area contributed by atoms with Gasteiger partial charge in [-0.25, -0.2) is 22.3 Å². The van der Waals surface area contributed by atoms with E-state index in [9.17, 15) is 17.5 Å². The summed E-state index contributed by atoms with van der Waals surface area (Å²) in [5, 5.41) is 10.3. The Balaban J connectivity index is 1.72. The molecule has 0 bridgehead atoms. The molecule has 0 saturated heterocycles. The minimum atomic E-state index is -2.60. The second kappa shape index (κ2) is 9.69. The summed E-state index contributed by atoms with van der Waals surface area (Å²) in [7, 11) is 0. The molecule has 1 unspecified atom stereocenters. The molecule has 2 heterocycles. The number of aromatic nitrogens is 1. The molecule has 12 heteroatoms. The number of amidine groups is 1. The van der Waals surface area contributed by atoms with Gasteiger partial charge >= 0.3 is 0 Å². The molecule has 170 valence electrons. The summed E-state index contributed by atoms with van der Waals surface area (Å²) in [5.41, 5.74) is 7.81. The Bertz CT molecular complexity index is 1370. The van der Waals surface area contributed by atoms with Gasteiger partial charge in [0.2, 0.25) is 0 Å². The van der Waals surface area contributed by atoms with Crippen molar-refractivity contribution in [2.24, 2.45) is 5.73 Å². The van der Waals surface area contributed by atoms with Crippen molar-refractivity contribution in [1.29, 1.82) is 5.41 Å². The van der Waals surface area contributed by atoms with E-state index in [4.69, 9.17) is 16.1 Å². The first-order valence-corrected chi connectivity index (χ1v) is 13.2. The quantitative estimate of drug-likeness (QED) is 0.118. The van der Waals surface area contributed by atoms with E-state index in [-0.39, 0.29) is 17.2 Å². The first-order valence-electron chi connectivity index (χ1n) is 9.23. The van der Waals surface area contributed by atoms with Gasteiger partial charge in [0.15, 0.2) is 5.82 Å². The molecule has 0 aliphatic carbocycles. The van der Waals surface area contributed by atoms with Crippen LogP contribution in [-0.4, -0.2) is 25.8 Å². The van der Waals surface area contributed by atoms with Crippen LogP contribution in [0.25, 0.3) is 21.8 Å². The fourth-order valence-corrected chi connectivity index (χ4v) is 6.41. The molecule has 4 aromatic rings. The van der Waals surface area contributed by atoms with Gasteiger partial charge in [0.1, 0.15) is 16.7 Å². The zero-order valence-corrected chi connectivity index (χ0v) is 20.2. The Morgan fingerprint density at radius 3 is 2.70 bits per heavy atom. The van der Waals surface area contributed by atoms with Crippen LogP contribution in [0.5, 0.6) is 0 Å². The molecule has 0 saturated carbocycles. The number of thiazole rings is 1. The van der Waals surface area contributed by atoms with Crippen molar-refractivity contribution in [3.05, 3.63) is 70.4 Å². The van der Waals surface area contributed by atoms with Gasteiger partial charge < -0.3 is 5.73 Å². The maximum absolute atomic E-state index is 14.3. The van der Waals surface area contributed by atoms with Crippen LogP contribution in [0.2, 0.25) is 0 Å². The standard InChI is InChI=1S/C21H16F2N4O2S4/c1-30-21-14(9-18(32-21)19(24)25)20-26-16(10-31-20)11-3-2-4-13(7-11)27(33(28)29)17-6-5-12(22)8-15(17)23/h2-10H,1H3,(H3,24,25)(H,28,29). The third-order valence-electron chi connectivity index (χ3n) is 4.54. The minimum Gasteiger partial charge on any atom is -0.383 e. The van der Waals surface area contributed by atoms with E-state index in [0.717, 1.165) is 31.2 Å². The van der Waals surface area contributed by atoms with Crippen LogP contribution in [0.3, 0.4) is 0 Å². The maximum Gasteiger partial charge on any atom is 0.266 e. The Kier molecular flexibility index (Phi) is 6.91. The number of thiophene rings is 1. The molecule has 6 nitrogen and oxygen atoms in total. The van der Waals surface area contributed by atoms with Crippen LogP contribution in [0.4, 0.5) is 20.2 Å². The Labute approximate surface area is 203 Å². The fourth-order valence-electron chi connectivity index (χ4n) is 3.09. The highest BCUT2D eigenvalue weighted by Crippen LogP contribution is 2.40. The molecule has 2 aromatic carbocycles. The summed E-state index contributed by atoms with van der Waals surface area (Å²) in [5.74, 6) is -1.74. The Morgan fingerprint density at radius 1 is 1.24 bits per heavy atom. The smallest absolute Gasteiger partial charge is 0.266 e. The largest absolute Gasteiger partial charge is 0.383 e. The predicted octanol–water partition coefficient (Wildman–Crippen LogP) is 6.10. The number of anilines is 2. The van der Waals surface area contributed by atoms with Crippen molar-refractivity contribution in [3.63, 3.8) is 0 Å². The number of rotatable bonds is 7. The number of halogens is 2. The van der Waals surface area contributed by atoms with E-state index in [1.807, 2.05) is 17.7 Å². The molecule has 2 aromatic heterocycles. The van der Waals surface area contributed by atoms with E-state index in [1.165, 1.54) is 22.7 Å². The fraction of sp³-hybridized carbons (Fsp3) is 0.0476. The number of hydrogen-bond donors (Lipinski definition) is 3. The van der Waals surface area contributed by atoms with Gasteiger partial charge in [-0.1, -0.05) is 12.1 Å². The van der Waals surface area contributed by atoms with Crippen LogP contribution in [-0.2, 0) is 11.3 Å². The number of benzene rings is 2. The first-order chi connectivity index (χ1) is 15.8. The van der Waals surface area contributed by atoms with Crippen LogP contribution in [0, 0.1) is 17.0 Å². The average Bonchev–Trinajstić information content (AvgIpc) is 3.42. The number of hydrogen-bond acceptors (Lipinski definition) is 6. The lowest BCUT2D eigenvalue weighted by atomic mass is 10.1. The van der Waals surface area contributed by atoms with E-state index in [0.29, 0.717) is 22.2 Å². The highest BCUT2D eigenvalue weighted by molar-refractivity contribution is 8.00. The number of nitrogens with zero attached hydrogens (tertiary/aromatic N) is 2. The topological polar surface area (TPSA) is 103 Å². The summed E-state index contributed by atoms with van der Waals surface area (Å²) < 4.78 is 51.4. The summed E-state index contributed by atoms with van der Waals surface area (Å²) in [6.07, 6.45) is 1.94. The molecular formula is C21H16F2N4O2S4. The Hall–Kier alpha value is -2.64. The van der Waals surface area contributed by atoms with Crippen molar-refractivity contribution < 1.29 is 17.5 Å². The predicted molar refractivity (Wildman–Crippen MR) is 133 cm³/mol. The van der Waals surface area contributed by atoms with Gasteiger partial charge in [-0.3, -0.25) is 9.96 Å². The third kappa shape index (κ3) is 4.84. The highest BCUT2D eigenvalue weighted by Gasteiger charge is 2.21. The van der Waals surface area contributed by atoms with Crippen molar-refractivity contribution in [1.82, 2.24) is 4.98 Å². The first kappa shape index (κ1) is 23.5. The number of nitrogens with one attached hydrogen (secondary N) is 1. The van der Waals surface area contributed by atoms with Gasteiger partial charge in [-0.15, -0.1) is 34.4 Å². The second-order valence-corrected chi connectivity index (χ2v) is 10.5. The highest BCUT2D eigenvalue weighted by atomic mass is 32.2. The molecule has 0 aliphatic heterocycles. The van der Waals surface area contributed by atoms with E-state index in [2.05, 4.69) is 0 Å². The van der Waals surface area contributed by atoms with Crippen molar-refractivity contribution in [3.8, 4) is 21.8 Å². The van der Waals surface area contributed by atoms with Crippen LogP contribution < -0.4 is 10.0 Å². The van der Waals surface area contributed by atoms with Gasteiger partial charge in [0.25, 0.3) is 11.3 Å². The zero-order chi connectivity index (χ0) is 23.7. The lowest BCUT2D eigenvalue weighted by Gasteiger charge is -2.21. The van der Waals surface area contributed by atoms with E-state index >= 15 is 0 Å². The molecule has 4 N–H and O–H groups in total. The minimum absolute atomic E-state index is 0.00356. The second-order valence-electron chi connectivity index (χ2n) is 6.64. The van der Waals surface area contributed by atoms with Crippen molar-refractivity contribution >= 4 is 62.9 Å². The monoisotopic (exact) mass is 522 g/mol. The number of thioether (sulfide) groups is 1. The molecule has 33 heavy (non-hydrogen) atoms. The van der Waals surface area contributed by atoms with Crippen LogP contribution in [0.15, 0.2) is 58.1 Å². The number of nitrogens with two attached hydrogens (primary N) is 1. The van der Waals surface area contributed by atoms with Crippen molar-refractivity contribution in [2.75, 3.05) is 10.6 Å². The molecule has 0 spiro atoms. The SMILES string of the molecule is CSc1sc(C(=N)N)cc1-c1nc(-c2cccc(N(c3ccc(F)cc3F)S(=O)O)c2)cs1. The van der Waals surface area contributed by atoms with E-state index < -0.39 is 22.9 Å². The van der Waals surface area contributed by atoms with Crippen molar-refractivity contribution in [2.45, 2.75) is 4.21 Å². The summed E-state index contributed by atoms with van der Waals surface area (Å²) in [6, 6.07) is 11.2. The van der Waals surface area contributed by atoms with Gasteiger partial charge in [-0.05, 0) is 36.6 Å². The average molecular weight is 523 g/mol. The molecule has 4 rings (SSSR count). The molecule has 0 amide bonds. The lowest BCUT2D eigenvalue weighted by Crippen LogP contribution is -2.20. The molecular weight excluding hydrogens is 507 g/mol. The van der Waals surface area contributed by atoms with Gasteiger partial charge in [0, 0.05) is 22.6 Å².